The number of hydrogen-bond acceptors (Lipinski definition) is 6. The molecule has 0 fully saturated rings. The number of esters is 1. The molecule has 2 N–H and O–H groups in total. The molecule has 0 saturated carbocycles. The van der Waals surface area contributed by atoms with E-state index in [1.807, 2.05) is 0 Å². The van der Waals surface area contributed by atoms with Crippen LogP contribution in [-0.4, -0.2) is 41.1 Å². The molecule has 2 aromatic rings. The number of carbonyl (C=O) groups is 2. The molecule has 0 heterocycles. The fourth-order valence-electron chi connectivity index (χ4n) is 2.05. The predicted molar refractivity (Wildman–Crippen MR) is 94.6 cm³/mol. The van der Waals surface area contributed by atoms with E-state index in [4.69, 9.17) is 4.74 Å². The highest BCUT2D eigenvalue weighted by Gasteiger charge is 2.16. The highest BCUT2D eigenvalue weighted by Crippen LogP contribution is 2.15. The Morgan fingerprint density at radius 1 is 1.04 bits per heavy atom. The monoisotopic (exact) mass is 378 g/mol. The number of rotatable bonds is 7. The molecule has 0 unspecified atom stereocenters. The van der Waals surface area contributed by atoms with Gasteiger partial charge in [-0.15, -0.1) is 0 Å². The molecule has 0 atom stereocenters. The van der Waals surface area contributed by atoms with Gasteiger partial charge in [0.1, 0.15) is 5.75 Å². The van der Waals surface area contributed by atoms with Crippen LogP contribution in [0.2, 0.25) is 0 Å². The Balaban J connectivity index is 1.98. The lowest BCUT2D eigenvalue weighted by Gasteiger charge is -2.09. The molecule has 0 spiro atoms. The second-order valence-electron chi connectivity index (χ2n) is 5.12. The van der Waals surface area contributed by atoms with E-state index in [1.165, 1.54) is 50.6 Å². The largest absolute Gasteiger partial charge is 0.497 e. The number of amides is 1. The molecule has 0 aliphatic carbocycles. The molecule has 8 nitrogen and oxygen atoms in total. The zero-order valence-corrected chi connectivity index (χ0v) is 15.0. The van der Waals surface area contributed by atoms with Crippen molar-refractivity contribution in [2.45, 2.75) is 4.90 Å². The van der Waals surface area contributed by atoms with Gasteiger partial charge in [-0.25, -0.2) is 17.9 Å². The van der Waals surface area contributed by atoms with Gasteiger partial charge in [-0.2, -0.15) is 0 Å². The first-order valence-electron chi connectivity index (χ1n) is 7.47. The summed E-state index contributed by atoms with van der Waals surface area (Å²) in [5.41, 5.74) is 0.616. The summed E-state index contributed by atoms with van der Waals surface area (Å²) in [5, 5.41) is 2.51. The number of hydrogen-bond donors (Lipinski definition) is 2. The van der Waals surface area contributed by atoms with Gasteiger partial charge in [-0.05, 0) is 42.5 Å². The molecule has 0 radical (unpaired) electrons. The van der Waals surface area contributed by atoms with Crippen LogP contribution in [0.5, 0.6) is 5.75 Å². The number of carbonyl (C=O) groups excluding carboxylic acids is 2. The fraction of sp³-hybridized carbons (Fsp3) is 0.176. The first-order valence-corrected chi connectivity index (χ1v) is 8.96. The quantitative estimate of drug-likeness (QED) is 0.705. The smallest absolute Gasteiger partial charge is 0.337 e. The molecule has 0 aliphatic heterocycles. The van der Waals surface area contributed by atoms with E-state index in [0.717, 1.165) is 0 Å². The van der Waals surface area contributed by atoms with Crippen molar-refractivity contribution < 1.29 is 27.5 Å². The SMILES string of the molecule is COC(=O)c1cccc(NC(=O)CNS(=O)(=O)c2ccc(OC)cc2)c1. The topological polar surface area (TPSA) is 111 Å². The zero-order chi connectivity index (χ0) is 19.2. The van der Waals surface area contributed by atoms with E-state index >= 15 is 0 Å². The second kappa shape index (κ2) is 8.45. The minimum Gasteiger partial charge on any atom is -0.497 e. The van der Waals surface area contributed by atoms with Crippen molar-refractivity contribution in [1.29, 1.82) is 0 Å². The van der Waals surface area contributed by atoms with Crippen LogP contribution in [0.15, 0.2) is 53.4 Å². The van der Waals surface area contributed by atoms with Gasteiger partial charge in [0.15, 0.2) is 0 Å². The van der Waals surface area contributed by atoms with Gasteiger partial charge in [-0.3, -0.25) is 4.79 Å². The van der Waals surface area contributed by atoms with Gasteiger partial charge >= 0.3 is 5.97 Å². The minimum atomic E-state index is -3.84. The van der Waals surface area contributed by atoms with E-state index in [1.54, 1.807) is 12.1 Å². The number of benzene rings is 2. The summed E-state index contributed by atoms with van der Waals surface area (Å²) >= 11 is 0. The Kier molecular flexibility index (Phi) is 6.31. The molecule has 26 heavy (non-hydrogen) atoms. The molecular weight excluding hydrogens is 360 g/mol. The van der Waals surface area contributed by atoms with Crippen LogP contribution in [0.1, 0.15) is 10.4 Å². The van der Waals surface area contributed by atoms with Gasteiger partial charge in [0.2, 0.25) is 15.9 Å². The fourth-order valence-corrected chi connectivity index (χ4v) is 3.03. The summed E-state index contributed by atoms with van der Waals surface area (Å²) < 4.78 is 36.1. The Hall–Kier alpha value is -2.91. The molecule has 9 heteroatoms. The van der Waals surface area contributed by atoms with Crippen molar-refractivity contribution in [3.8, 4) is 5.75 Å². The lowest BCUT2D eigenvalue weighted by Crippen LogP contribution is -2.32. The molecule has 1 amide bonds. The number of methoxy groups -OCH3 is 2. The third-order valence-corrected chi connectivity index (χ3v) is 4.78. The van der Waals surface area contributed by atoms with E-state index in [0.29, 0.717) is 11.4 Å². The van der Waals surface area contributed by atoms with Gasteiger partial charge < -0.3 is 14.8 Å². The molecule has 2 rings (SSSR count). The number of sulfonamides is 1. The van der Waals surface area contributed by atoms with Gasteiger partial charge in [0.25, 0.3) is 0 Å². The predicted octanol–water partition coefficient (Wildman–Crippen LogP) is 1.40. The van der Waals surface area contributed by atoms with Crippen molar-refractivity contribution in [3.05, 3.63) is 54.1 Å². The van der Waals surface area contributed by atoms with Gasteiger partial charge in [0.05, 0.1) is 31.2 Å². The standard InChI is InChI=1S/C17H18N2O6S/c1-24-14-6-8-15(9-7-14)26(22,23)18-11-16(20)19-13-5-3-4-12(10-13)17(21)25-2/h3-10,18H,11H2,1-2H3,(H,19,20). The van der Waals surface area contributed by atoms with Gasteiger partial charge in [-0.1, -0.05) is 6.07 Å². The van der Waals surface area contributed by atoms with E-state index in [9.17, 15) is 18.0 Å². The first kappa shape index (κ1) is 19.4. The van der Waals surface area contributed by atoms with E-state index < -0.39 is 28.4 Å². The normalized spacial score (nSPS) is 10.8. The maximum atomic E-state index is 12.2. The molecule has 0 aromatic heterocycles. The van der Waals surface area contributed by atoms with Crippen LogP contribution in [0, 0.1) is 0 Å². The minimum absolute atomic E-state index is 0.0128. The third-order valence-electron chi connectivity index (χ3n) is 3.36. The second-order valence-corrected chi connectivity index (χ2v) is 6.89. The Bertz CT molecular complexity index is 894. The van der Waals surface area contributed by atoms with Gasteiger partial charge in [0, 0.05) is 5.69 Å². The van der Waals surface area contributed by atoms with Crippen LogP contribution in [0.25, 0.3) is 0 Å². The maximum Gasteiger partial charge on any atom is 0.337 e. The van der Waals surface area contributed by atoms with Crippen LogP contribution < -0.4 is 14.8 Å². The van der Waals surface area contributed by atoms with Crippen LogP contribution in [-0.2, 0) is 19.6 Å². The van der Waals surface area contributed by atoms with Crippen LogP contribution in [0.3, 0.4) is 0 Å². The van der Waals surface area contributed by atoms with Crippen molar-refractivity contribution >= 4 is 27.6 Å². The summed E-state index contributed by atoms with van der Waals surface area (Å²) in [4.78, 5) is 23.5. The van der Waals surface area contributed by atoms with E-state index in [2.05, 4.69) is 14.8 Å². The summed E-state index contributed by atoms with van der Waals surface area (Å²) in [6.45, 7) is -0.461. The summed E-state index contributed by atoms with van der Waals surface area (Å²) in [5.74, 6) is -0.599. The summed E-state index contributed by atoms with van der Waals surface area (Å²) in [6, 6.07) is 11.9. The van der Waals surface area contributed by atoms with Crippen molar-refractivity contribution in [3.63, 3.8) is 0 Å². The highest BCUT2D eigenvalue weighted by atomic mass is 32.2. The van der Waals surface area contributed by atoms with Crippen molar-refractivity contribution in [2.75, 3.05) is 26.1 Å². The van der Waals surface area contributed by atoms with Crippen molar-refractivity contribution in [2.24, 2.45) is 0 Å². The summed E-state index contributed by atoms with van der Waals surface area (Å²) in [7, 11) is -1.11. The Morgan fingerprint density at radius 2 is 1.73 bits per heavy atom. The maximum absolute atomic E-state index is 12.2. The molecular formula is C17H18N2O6S. The number of nitrogens with one attached hydrogen (secondary N) is 2. The van der Waals surface area contributed by atoms with Crippen LogP contribution >= 0.6 is 0 Å². The first-order chi connectivity index (χ1) is 12.4. The average molecular weight is 378 g/mol. The molecule has 0 saturated heterocycles. The molecule has 138 valence electrons. The average Bonchev–Trinajstić information content (AvgIpc) is 2.66. The Labute approximate surface area is 151 Å². The molecule has 0 bridgehead atoms. The number of anilines is 1. The molecule has 2 aromatic carbocycles. The highest BCUT2D eigenvalue weighted by molar-refractivity contribution is 7.89. The van der Waals surface area contributed by atoms with Crippen molar-refractivity contribution in [1.82, 2.24) is 4.72 Å². The lowest BCUT2D eigenvalue weighted by molar-refractivity contribution is -0.115. The molecule has 0 aliphatic rings. The number of ether oxygens (including phenoxy) is 2. The summed E-state index contributed by atoms with van der Waals surface area (Å²) in [6.07, 6.45) is 0. The zero-order valence-electron chi connectivity index (χ0n) is 14.2. The van der Waals surface area contributed by atoms with Crippen LogP contribution in [0.4, 0.5) is 5.69 Å². The third kappa shape index (κ3) is 5.04. The van der Waals surface area contributed by atoms with E-state index in [-0.39, 0.29) is 10.5 Å². The Morgan fingerprint density at radius 3 is 2.35 bits per heavy atom. The lowest BCUT2D eigenvalue weighted by atomic mass is 10.2.